The van der Waals surface area contributed by atoms with E-state index < -0.39 is 14.9 Å². The molecule has 0 aliphatic heterocycles. The van der Waals surface area contributed by atoms with Crippen LogP contribution in [0.2, 0.25) is 13.1 Å². The molecule has 0 spiro atoms. The molecule has 3 aromatic carbocycles. The van der Waals surface area contributed by atoms with Gasteiger partial charge in [-0.15, -0.1) is 70.9 Å². The van der Waals surface area contributed by atoms with Gasteiger partial charge >= 0.3 is 0 Å². The van der Waals surface area contributed by atoms with Crippen molar-refractivity contribution in [3.8, 4) is 22.5 Å². The van der Waals surface area contributed by atoms with Gasteiger partial charge in [-0.05, 0) is 36.8 Å². The first-order chi connectivity index (χ1) is 18.1. The van der Waals surface area contributed by atoms with E-state index in [1.54, 1.807) is 18.2 Å². The molecule has 5 rings (SSSR count). The van der Waals surface area contributed by atoms with E-state index in [-0.39, 0.29) is 25.7 Å². The van der Waals surface area contributed by atoms with Crippen molar-refractivity contribution in [3.05, 3.63) is 133 Å². The smallest absolute Gasteiger partial charge is 0.0662 e. The van der Waals surface area contributed by atoms with E-state index in [9.17, 15) is 0 Å². The first kappa shape index (κ1) is 23.2. The molecule has 5 aromatic rings. The molecule has 183 valence electrons. The van der Waals surface area contributed by atoms with Crippen LogP contribution in [0.25, 0.3) is 22.5 Å². The quantitative estimate of drug-likeness (QED) is 0.161. The van der Waals surface area contributed by atoms with Gasteiger partial charge in [-0.3, -0.25) is 0 Å². The van der Waals surface area contributed by atoms with Crippen molar-refractivity contribution in [2.75, 3.05) is 0 Å². The van der Waals surface area contributed by atoms with Crippen molar-refractivity contribution in [1.82, 2.24) is 9.97 Å². The third-order valence-electron chi connectivity index (χ3n) is 5.97. The molecule has 0 fully saturated rings. The van der Waals surface area contributed by atoms with E-state index in [4.69, 9.17) is 4.11 Å². The molecular weight excluding hydrogens is 633 g/mol. The van der Waals surface area contributed by atoms with Gasteiger partial charge in [-0.1, -0.05) is 72.4 Å². The van der Waals surface area contributed by atoms with E-state index in [2.05, 4.69) is 96.7 Å². The minimum absolute atomic E-state index is 0. The Morgan fingerprint density at radius 1 is 0.722 bits per heavy atom. The van der Waals surface area contributed by atoms with Crippen LogP contribution < -0.4 is 10.4 Å². The summed E-state index contributed by atoms with van der Waals surface area (Å²) in [5, 5.41) is 2.85. The van der Waals surface area contributed by atoms with Gasteiger partial charge in [0.25, 0.3) is 0 Å². The van der Waals surface area contributed by atoms with Crippen LogP contribution in [0.1, 0.15) is 15.2 Å². The monoisotopic (exact) mass is 666 g/mol. The van der Waals surface area contributed by atoms with E-state index >= 15 is 0 Å². The van der Waals surface area contributed by atoms with Gasteiger partial charge in [0.1, 0.15) is 0 Å². The summed E-state index contributed by atoms with van der Waals surface area (Å²) in [4.78, 5) is 8.56. The Balaban J connectivity index is 0.000000220. The summed E-state index contributed by atoms with van der Waals surface area (Å²) in [5.41, 5.74) is 5.12. The van der Waals surface area contributed by atoms with E-state index in [1.807, 2.05) is 30.5 Å². The third kappa shape index (κ3) is 6.95. The van der Waals surface area contributed by atoms with Crippen molar-refractivity contribution in [3.63, 3.8) is 0 Å². The second-order valence-corrected chi connectivity index (χ2v) is 13.3. The standard InChI is InChI=1S/C20H20NSi.C12H10N.Ir/c1-16-13-14-21-20(15-16)17-9-11-19(12-10-17)22(2,3)18-7-5-4-6-8-18;1-10-7-8-12(13-9-10)11-5-3-2-4-6-11;/h4-9,11-15H,1-3H3;2-5,7-9H,1H3;/q2*-1;/i;1D3;. The van der Waals surface area contributed by atoms with Crippen LogP contribution >= 0.6 is 0 Å². The molecule has 2 heterocycles. The number of benzene rings is 3. The minimum Gasteiger partial charge on any atom is -0.305 e. The Morgan fingerprint density at radius 3 is 2.11 bits per heavy atom. The Morgan fingerprint density at radius 2 is 1.50 bits per heavy atom. The summed E-state index contributed by atoms with van der Waals surface area (Å²) in [6, 6.07) is 38.7. The van der Waals surface area contributed by atoms with Crippen molar-refractivity contribution in [1.29, 1.82) is 0 Å². The second kappa shape index (κ2) is 12.7. The van der Waals surface area contributed by atoms with E-state index in [0.29, 0.717) is 0 Å². The number of hydrogen-bond donors (Lipinski definition) is 0. The number of pyridine rings is 2. The summed E-state index contributed by atoms with van der Waals surface area (Å²) in [6.45, 7) is 4.77. The summed E-state index contributed by atoms with van der Waals surface area (Å²) >= 11 is 0. The van der Waals surface area contributed by atoms with Crippen molar-refractivity contribution >= 4 is 18.4 Å². The van der Waals surface area contributed by atoms with Crippen LogP contribution in [0.15, 0.2) is 109 Å². The molecule has 0 N–H and O–H groups in total. The van der Waals surface area contributed by atoms with Crippen LogP contribution in [0.3, 0.4) is 0 Å². The molecule has 0 aliphatic carbocycles. The van der Waals surface area contributed by atoms with Crippen LogP contribution in [0.4, 0.5) is 0 Å². The van der Waals surface area contributed by atoms with Crippen molar-refractivity contribution in [2.24, 2.45) is 0 Å². The van der Waals surface area contributed by atoms with Gasteiger partial charge in [0.15, 0.2) is 0 Å². The van der Waals surface area contributed by atoms with E-state index in [0.717, 1.165) is 22.5 Å². The van der Waals surface area contributed by atoms with Crippen LogP contribution in [0, 0.1) is 25.9 Å². The number of rotatable bonds is 4. The third-order valence-corrected chi connectivity index (χ3v) is 9.50. The van der Waals surface area contributed by atoms with Gasteiger partial charge in [-0.2, -0.15) is 0 Å². The number of hydrogen-bond acceptors (Lipinski definition) is 2. The normalized spacial score (nSPS) is 12.1. The number of aromatic nitrogens is 2. The number of nitrogens with zero attached hydrogens (tertiary/aromatic N) is 2. The van der Waals surface area contributed by atoms with E-state index in [1.165, 1.54) is 22.1 Å². The molecule has 0 amide bonds. The Labute approximate surface area is 234 Å². The predicted octanol–water partition coefficient (Wildman–Crippen LogP) is 6.53. The Kier molecular flexibility index (Phi) is 8.19. The predicted molar refractivity (Wildman–Crippen MR) is 150 cm³/mol. The van der Waals surface area contributed by atoms with Gasteiger partial charge < -0.3 is 9.97 Å². The van der Waals surface area contributed by atoms with Crippen molar-refractivity contribution < 1.29 is 24.2 Å². The summed E-state index contributed by atoms with van der Waals surface area (Å²) < 4.78 is 21.7. The SMILES string of the molecule is Cc1ccnc(-c2[c-]cc([Si](C)(C)c3ccccc3)cc2)c1.[2H]C([2H])([2H])c1ccc(-c2[c-]cccc2)nc1.[Ir]. The molecule has 1 radical (unpaired) electrons. The van der Waals surface area contributed by atoms with Crippen molar-refractivity contribution in [2.45, 2.75) is 26.9 Å². The fourth-order valence-electron chi connectivity index (χ4n) is 3.78. The van der Waals surface area contributed by atoms with Crippen LogP contribution in [-0.2, 0) is 20.1 Å². The van der Waals surface area contributed by atoms with Gasteiger partial charge in [0.2, 0.25) is 0 Å². The molecule has 36 heavy (non-hydrogen) atoms. The molecule has 0 unspecified atom stereocenters. The maximum Gasteiger partial charge on any atom is 0.0662 e. The number of aryl methyl sites for hydroxylation is 2. The molecule has 0 saturated heterocycles. The van der Waals surface area contributed by atoms with Crippen LogP contribution in [-0.4, -0.2) is 18.0 Å². The van der Waals surface area contributed by atoms with Gasteiger partial charge in [-0.25, -0.2) is 0 Å². The zero-order valence-corrected chi connectivity index (χ0v) is 24.0. The minimum atomic E-state index is -2.09. The van der Waals surface area contributed by atoms with Crippen LogP contribution in [0.5, 0.6) is 0 Å². The average Bonchev–Trinajstić information content (AvgIpc) is 2.94. The topological polar surface area (TPSA) is 25.8 Å². The summed E-state index contributed by atoms with van der Waals surface area (Å²) in [7, 11) is -1.64. The first-order valence-electron chi connectivity index (χ1n) is 13.1. The largest absolute Gasteiger partial charge is 0.305 e. The molecule has 0 aliphatic rings. The fraction of sp³-hybridized carbons (Fsp3) is 0.125. The molecular formula is C32H30IrN2Si-2. The zero-order chi connectivity index (χ0) is 27.2. The first-order valence-corrected chi connectivity index (χ1v) is 14.6. The summed E-state index contributed by atoms with van der Waals surface area (Å²) in [5.74, 6) is 0. The van der Waals surface area contributed by atoms with Gasteiger partial charge in [0.05, 0.1) is 8.07 Å². The second-order valence-electron chi connectivity index (χ2n) is 8.91. The molecule has 2 aromatic heterocycles. The molecule has 0 saturated carbocycles. The molecule has 0 bridgehead atoms. The summed E-state index contributed by atoms with van der Waals surface area (Å²) in [6.07, 6.45) is 3.25. The van der Waals surface area contributed by atoms with Gasteiger partial charge in [0, 0.05) is 36.6 Å². The maximum atomic E-state index is 7.23. The molecule has 4 heteroatoms. The molecule has 0 atom stereocenters. The maximum absolute atomic E-state index is 7.23. The average molecular weight is 666 g/mol. The molecule has 2 nitrogen and oxygen atoms in total. The zero-order valence-electron chi connectivity index (χ0n) is 23.6. The Hall–Kier alpha value is -3.17. The Bertz CT molecular complexity index is 1460. The fourth-order valence-corrected chi connectivity index (χ4v) is 6.08.